The highest BCUT2D eigenvalue weighted by atomic mass is 19.1. The van der Waals surface area contributed by atoms with Crippen molar-refractivity contribution in [3.05, 3.63) is 82.7 Å². The molecule has 0 radical (unpaired) electrons. The number of carbonyl (C=O) groups is 1. The minimum atomic E-state index is -1.03. The number of anilines is 1. The van der Waals surface area contributed by atoms with E-state index in [1.54, 1.807) is 30.3 Å². The molecule has 0 fully saturated rings. The number of aromatic nitrogens is 1. The minimum absolute atomic E-state index is 0.0204. The van der Waals surface area contributed by atoms with Gasteiger partial charge in [-0.1, -0.05) is 30.3 Å². The third kappa shape index (κ3) is 2.95. The van der Waals surface area contributed by atoms with Crippen molar-refractivity contribution in [2.24, 2.45) is 0 Å². The summed E-state index contributed by atoms with van der Waals surface area (Å²) in [6.07, 6.45) is 0.991. The van der Waals surface area contributed by atoms with Crippen LogP contribution in [0.5, 0.6) is 5.75 Å². The van der Waals surface area contributed by atoms with E-state index in [4.69, 9.17) is 10.5 Å². The second-order valence-electron chi connectivity index (χ2n) is 5.48. The van der Waals surface area contributed by atoms with Gasteiger partial charge < -0.3 is 15.7 Å². The van der Waals surface area contributed by atoms with E-state index in [-0.39, 0.29) is 21.7 Å². The monoisotopic (exact) mass is 356 g/mol. The molecule has 0 saturated heterocycles. The molecule has 3 rings (SSSR count). The average molecular weight is 356 g/mol. The number of carbonyl (C=O) groups excluding carboxylic acids is 1. The van der Waals surface area contributed by atoms with Gasteiger partial charge in [-0.15, -0.1) is 0 Å². The SMILES string of the molecule is COc1cc(F)c(-c2c(N)c(C(=O)c3ccccc3)cc[n+]2[O-])c(F)c1. The van der Waals surface area contributed by atoms with Crippen LogP contribution in [0.25, 0.3) is 11.3 Å². The summed E-state index contributed by atoms with van der Waals surface area (Å²) in [5.41, 5.74) is 4.88. The Morgan fingerprint density at radius 3 is 2.31 bits per heavy atom. The summed E-state index contributed by atoms with van der Waals surface area (Å²) >= 11 is 0. The van der Waals surface area contributed by atoms with E-state index >= 15 is 0 Å². The van der Waals surface area contributed by atoms with Gasteiger partial charge in [-0.3, -0.25) is 4.79 Å². The highest BCUT2D eigenvalue weighted by Crippen LogP contribution is 2.33. The summed E-state index contributed by atoms with van der Waals surface area (Å²) in [5.74, 6) is -2.56. The second kappa shape index (κ2) is 6.79. The van der Waals surface area contributed by atoms with Crippen molar-refractivity contribution in [1.29, 1.82) is 0 Å². The van der Waals surface area contributed by atoms with E-state index < -0.39 is 28.7 Å². The first kappa shape index (κ1) is 17.3. The van der Waals surface area contributed by atoms with Crippen LogP contribution in [0.2, 0.25) is 0 Å². The molecule has 0 aliphatic rings. The fraction of sp³-hybridized carbons (Fsp3) is 0.0526. The number of pyridine rings is 1. The number of ether oxygens (including phenoxy) is 1. The first-order valence-electron chi connectivity index (χ1n) is 7.58. The van der Waals surface area contributed by atoms with E-state index in [9.17, 15) is 18.8 Å². The van der Waals surface area contributed by atoms with Gasteiger partial charge in [0.2, 0.25) is 0 Å². The van der Waals surface area contributed by atoms with E-state index in [1.807, 2.05) is 0 Å². The van der Waals surface area contributed by atoms with E-state index in [0.717, 1.165) is 18.3 Å². The Labute approximate surface area is 147 Å². The minimum Gasteiger partial charge on any atom is -0.618 e. The van der Waals surface area contributed by atoms with Crippen LogP contribution in [0.15, 0.2) is 54.7 Å². The topological polar surface area (TPSA) is 79.3 Å². The number of hydrogen-bond acceptors (Lipinski definition) is 4. The van der Waals surface area contributed by atoms with Crippen molar-refractivity contribution in [2.45, 2.75) is 0 Å². The third-order valence-electron chi connectivity index (χ3n) is 3.91. The maximum atomic E-state index is 14.4. The summed E-state index contributed by atoms with van der Waals surface area (Å²) < 4.78 is 33.8. The maximum absolute atomic E-state index is 14.4. The summed E-state index contributed by atoms with van der Waals surface area (Å²) in [7, 11) is 1.26. The molecule has 1 heterocycles. The van der Waals surface area contributed by atoms with Crippen molar-refractivity contribution in [2.75, 3.05) is 12.8 Å². The van der Waals surface area contributed by atoms with Crippen LogP contribution in [0.3, 0.4) is 0 Å². The van der Waals surface area contributed by atoms with E-state index in [2.05, 4.69) is 0 Å². The van der Waals surface area contributed by atoms with Gasteiger partial charge in [0.15, 0.2) is 12.0 Å². The molecule has 0 bridgehead atoms. The first-order chi connectivity index (χ1) is 12.4. The Hall–Kier alpha value is -3.48. The number of methoxy groups -OCH3 is 1. The average Bonchev–Trinajstić information content (AvgIpc) is 2.63. The number of nitrogens with two attached hydrogens (primary N) is 1. The quantitative estimate of drug-likeness (QED) is 0.443. The van der Waals surface area contributed by atoms with Crippen LogP contribution in [0, 0.1) is 16.8 Å². The third-order valence-corrected chi connectivity index (χ3v) is 3.91. The van der Waals surface area contributed by atoms with Crippen LogP contribution in [0.1, 0.15) is 15.9 Å². The van der Waals surface area contributed by atoms with Gasteiger partial charge in [-0.05, 0) is 0 Å². The van der Waals surface area contributed by atoms with Crippen molar-refractivity contribution < 1.29 is 23.0 Å². The molecule has 3 aromatic rings. The lowest BCUT2D eigenvalue weighted by atomic mass is 9.99. The molecule has 0 spiro atoms. The standard InChI is InChI=1S/C19H14F2N2O3/c1-26-12-9-14(20)16(15(21)10-12)18-17(22)13(7-8-23(18)25)19(24)11-5-3-2-4-6-11/h2-10H,22H2,1H3. The number of rotatable bonds is 4. The Balaban J connectivity index is 2.20. The zero-order valence-corrected chi connectivity index (χ0v) is 13.7. The molecule has 2 N–H and O–H groups in total. The summed E-state index contributed by atoms with van der Waals surface area (Å²) in [6.45, 7) is 0. The predicted molar refractivity (Wildman–Crippen MR) is 91.6 cm³/mol. The zero-order valence-electron chi connectivity index (χ0n) is 13.7. The fourth-order valence-electron chi connectivity index (χ4n) is 2.63. The number of ketones is 1. The van der Waals surface area contributed by atoms with Gasteiger partial charge >= 0.3 is 0 Å². The van der Waals surface area contributed by atoms with Gasteiger partial charge in [0.1, 0.15) is 28.6 Å². The van der Waals surface area contributed by atoms with Crippen molar-refractivity contribution in [3.63, 3.8) is 0 Å². The molecule has 1 aromatic heterocycles. The van der Waals surface area contributed by atoms with E-state index in [1.165, 1.54) is 13.2 Å². The van der Waals surface area contributed by atoms with Gasteiger partial charge in [-0.2, -0.15) is 4.73 Å². The Morgan fingerprint density at radius 1 is 1.12 bits per heavy atom. The maximum Gasteiger partial charge on any atom is 0.253 e. The van der Waals surface area contributed by atoms with Gasteiger partial charge in [0.05, 0.1) is 12.7 Å². The van der Waals surface area contributed by atoms with Gasteiger partial charge in [0, 0.05) is 23.8 Å². The van der Waals surface area contributed by atoms with E-state index in [0.29, 0.717) is 5.56 Å². The predicted octanol–water partition coefficient (Wildman–Crippen LogP) is 3.09. The smallest absolute Gasteiger partial charge is 0.253 e. The lowest BCUT2D eigenvalue weighted by Crippen LogP contribution is -2.31. The first-order valence-corrected chi connectivity index (χ1v) is 7.58. The molecule has 0 aliphatic heterocycles. The summed E-state index contributed by atoms with van der Waals surface area (Å²) in [6, 6.07) is 11.3. The Morgan fingerprint density at radius 2 is 1.73 bits per heavy atom. The largest absolute Gasteiger partial charge is 0.618 e. The molecular weight excluding hydrogens is 342 g/mol. The molecule has 0 aliphatic carbocycles. The normalized spacial score (nSPS) is 10.6. The number of nitrogen functional groups attached to an aromatic ring is 1. The van der Waals surface area contributed by atoms with Gasteiger partial charge in [0.25, 0.3) is 5.69 Å². The van der Waals surface area contributed by atoms with Crippen molar-refractivity contribution in [3.8, 4) is 17.0 Å². The zero-order chi connectivity index (χ0) is 18.8. The van der Waals surface area contributed by atoms with Gasteiger partial charge in [-0.25, -0.2) is 8.78 Å². The van der Waals surface area contributed by atoms with Crippen molar-refractivity contribution in [1.82, 2.24) is 0 Å². The number of benzene rings is 2. The molecule has 2 aromatic carbocycles. The molecule has 26 heavy (non-hydrogen) atoms. The summed E-state index contributed by atoms with van der Waals surface area (Å²) in [5, 5.41) is 12.2. The van der Waals surface area contributed by atoms with Crippen LogP contribution in [-0.2, 0) is 0 Å². The summed E-state index contributed by atoms with van der Waals surface area (Å²) in [4.78, 5) is 12.6. The second-order valence-corrected chi connectivity index (χ2v) is 5.48. The lowest BCUT2D eigenvalue weighted by molar-refractivity contribution is -0.593. The van der Waals surface area contributed by atoms with Crippen molar-refractivity contribution >= 4 is 11.5 Å². The van der Waals surface area contributed by atoms with Crippen LogP contribution < -0.4 is 15.2 Å². The highest BCUT2D eigenvalue weighted by molar-refractivity contribution is 6.13. The highest BCUT2D eigenvalue weighted by Gasteiger charge is 2.27. The number of hydrogen-bond donors (Lipinski definition) is 1. The number of halogens is 2. The Kier molecular flexibility index (Phi) is 4.53. The number of nitrogens with zero attached hydrogens (tertiary/aromatic N) is 1. The molecule has 0 amide bonds. The molecule has 132 valence electrons. The molecular formula is C19H14F2N2O3. The lowest BCUT2D eigenvalue weighted by Gasteiger charge is -2.13. The van der Waals surface area contributed by atoms with Crippen LogP contribution in [-0.4, -0.2) is 12.9 Å². The molecule has 0 saturated carbocycles. The van der Waals surface area contributed by atoms with Crippen LogP contribution >= 0.6 is 0 Å². The Bertz CT molecular complexity index is 969. The molecule has 0 unspecified atom stereocenters. The molecule has 5 nitrogen and oxygen atoms in total. The molecule has 7 heteroatoms. The molecule has 0 atom stereocenters. The fourth-order valence-corrected chi connectivity index (χ4v) is 2.63. The van der Waals surface area contributed by atoms with Crippen LogP contribution in [0.4, 0.5) is 14.5 Å².